The van der Waals surface area contributed by atoms with E-state index in [4.69, 9.17) is 0 Å². The van der Waals surface area contributed by atoms with Crippen LogP contribution in [0.25, 0.3) is 0 Å². The molecule has 2 nitrogen and oxygen atoms in total. The van der Waals surface area contributed by atoms with Gasteiger partial charge in [-0.15, -0.1) is 0 Å². The zero-order valence-electron chi connectivity index (χ0n) is 17.1. The SMILES string of the molecule is Cc1cc(C)cc(C[n+]2ccn(C34CC5CC(CC(C5)C3)C4)c2)c1.F[B-](F)(F)F. The summed E-state index contributed by atoms with van der Waals surface area (Å²) in [6.45, 7) is 5.38. The van der Waals surface area contributed by atoms with Crippen LogP contribution < -0.4 is 4.57 Å². The van der Waals surface area contributed by atoms with Crippen molar-refractivity contribution in [3.05, 3.63) is 53.6 Å². The fraction of sp³-hybridized carbons (Fsp3) is 0.591. The van der Waals surface area contributed by atoms with E-state index in [-0.39, 0.29) is 0 Å². The quantitative estimate of drug-likeness (QED) is 0.352. The molecule has 0 spiro atoms. The van der Waals surface area contributed by atoms with Crippen molar-refractivity contribution >= 4 is 7.25 Å². The molecule has 4 aliphatic carbocycles. The average molecular weight is 408 g/mol. The molecule has 0 radical (unpaired) electrons. The van der Waals surface area contributed by atoms with Crippen LogP contribution in [0.15, 0.2) is 36.9 Å². The molecule has 158 valence electrons. The van der Waals surface area contributed by atoms with E-state index in [2.05, 4.69) is 59.9 Å². The first-order chi connectivity index (χ1) is 13.6. The molecular formula is C22H29BF4N2. The number of hydrogen-bond acceptors (Lipinski definition) is 0. The third kappa shape index (κ3) is 4.86. The first-order valence-corrected chi connectivity index (χ1v) is 10.6. The fourth-order valence-corrected chi connectivity index (χ4v) is 6.52. The van der Waals surface area contributed by atoms with Gasteiger partial charge in [0.2, 0.25) is 6.33 Å². The largest absolute Gasteiger partial charge is 0.673 e. The van der Waals surface area contributed by atoms with Gasteiger partial charge in [0, 0.05) is 0 Å². The van der Waals surface area contributed by atoms with Crippen molar-refractivity contribution < 1.29 is 21.8 Å². The maximum absolute atomic E-state index is 9.75. The summed E-state index contributed by atoms with van der Waals surface area (Å²) in [5.74, 6) is 3.02. The van der Waals surface area contributed by atoms with E-state index in [1.54, 1.807) is 0 Å². The molecule has 1 aromatic heterocycles. The molecule has 0 unspecified atom stereocenters. The van der Waals surface area contributed by atoms with E-state index >= 15 is 0 Å². The molecule has 4 bridgehead atoms. The molecule has 29 heavy (non-hydrogen) atoms. The Morgan fingerprint density at radius 1 is 0.931 bits per heavy atom. The van der Waals surface area contributed by atoms with Gasteiger partial charge in [-0.2, -0.15) is 0 Å². The fourth-order valence-electron chi connectivity index (χ4n) is 6.52. The second-order valence-electron chi connectivity index (χ2n) is 9.63. The number of halogens is 4. The van der Waals surface area contributed by atoms with Gasteiger partial charge in [-0.3, -0.25) is 0 Å². The zero-order valence-corrected chi connectivity index (χ0v) is 17.1. The van der Waals surface area contributed by atoms with Gasteiger partial charge in [0.05, 0.1) is 0 Å². The highest BCUT2D eigenvalue weighted by Gasteiger charge is 2.54. The van der Waals surface area contributed by atoms with Crippen molar-refractivity contribution in [3.8, 4) is 0 Å². The van der Waals surface area contributed by atoms with E-state index in [1.165, 1.54) is 55.2 Å². The molecule has 4 saturated carbocycles. The maximum atomic E-state index is 9.75. The molecule has 6 rings (SSSR count). The summed E-state index contributed by atoms with van der Waals surface area (Å²) >= 11 is 0. The number of aryl methyl sites for hydroxylation is 2. The Kier molecular flexibility index (Phi) is 5.28. The van der Waals surface area contributed by atoms with E-state index in [1.807, 2.05) is 0 Å². The average Bonchev–Trinajstić information content (AvgIpc) is 3.00. The Balaban J connectivity index is 0.000000369. The molecular weight excluding hydrogens is 379 g/mol. The van der Waals surface area contributed by atoms with E-state index in [0.29, 0.717) is 5.54 Å². The van der Waals surface area contributed by atoms with Crippen molar-refractivity contribution in [3.63, 3.8) is 0 Å². The number of imidazole rings is 1. The van der Waals surface area contributed by atoms with Gasteiger partial charge in [-0.1, -0.05) is 29.3 Å². The summed E-state index contributed by atoms with van der Waals surface area (Å²) in [5, 5.41) is 0. The van der Waals surface area contributed by atoms with Gasteiger partial charge in [-0.05, 0) is 75.7 Å². The van der Waals surface area contributed by atoms with E-state index in [0.717, 1.165) is 24.3 Å². The first-order valence-electron chi connectivity index (χ1n) is 10.6. The summed E-state index contributed by atoms with van der Waals surface area (Å²) in [6, 6.07) is 6.90. The highest BCUT2D eigenvalue weighted by Crippen LogP contribution is 2.58. The van der Waals surface area contributed by atoms with Crippen LogP contribution in [0.1, 0.15) is 55.2 Å². The van der Waals surface area contributed by atoms with Crippen LogP contribution in [-0.4, -0.2) is 11.8 Å². The minimum absolute atomic E-state index is 0.447. The lowest BCUT2D eigenvalue weighted by molar-refractivity contribution is -0.688. The maximum Gasteiger partial charge on any atom is 0.673 e. The zero-order chi connectivity index (χ0) is 20.8. The third-order valence-electron chi connectivity index (χ3n) is 6.89. The minimum atomic E-state index is -6.00. The van der Waals surface area contributed by atoms with Crippen molar-refractivity contribution in [2.24, 2.45) is 17.8 Å². The molecule has 1 heterocycles. The number of aromatic nitrogens is 2. The van der Waals surface area contributed by atoms with Gasteiger partial charge >= 0.3 is 7.25 Å². The van der Waals surface area contributed by atoms with Crippen LogP contribution in [0.4, 0.5) is 17.3 Å². The molecule has 4 fully saturated rings. The van der Waals surface area contributed by atoms with Gasteiger partial charge < -0.3 is 17.3 Å². The van der Waals surface area contributed by atoms with Gasteiger partial charge in [0.15, 0.2) is 0 Å². The Morgan fingerprint density at radius 3 is 1.90 bits per heavy atom. The summed E-state index contributed by atoms with van der Waals surface area (Å²) in [4.78, 5) is 0. The molecule has 0 aliphatic heterocycles. The molecule has 0 amide bonds. The van der Waals surface area contributed by atoms with Crippen LogP contribution in [0.5, 0.6) is 0 Å². The standard InChI is InChI=1S/C22H29N2.BF4/c1-16-5-17(2)7-21(6-16)14-23-3-4-24(15-23)22-11-18-8-19(12-22)10-20(9-18)13-22;2-1(3,4)5/h3-7,15,18-20H,8-14H2,1-2H3;/q+1;-1. The normalized spacial score (nSPS) is 30.2. The summed E-state index contributed by atoms with van der Waals surface area (Å²) in [5.41, 5.74) is 4.60. The van der Waals surface area contributed by atoms with Crippen LogP contribution in [0.3, 0.4) is 0 Å². The van der Waals surface area contributed by atoms with E-state index < -0.39 is 7.25 Å². The molecule has 0 atom stereocenters. The summed E-state index contributed by atoms with van der Waals surface area (Å²) in [6.07, 6.45) is 15.9. The van der Waals surface area contributed by atoms with Crippen LogP contribution in [0, 0.1) is 31.6 Å². The molecule has 0 saturated heterocycles. The highest BCUT2D eigenvalue weighted by molar-refractivity contribution is 6.50. The van der Waals surface area contributed by atoms with Gasteiger partial charge in [-0.25, -0.2) is 9.13 Å². The lowest BCUT2D eigenvalue weighted by Gasteiger charge is -2.54. The second kappa shape index (κ2) is 7.48. The van der Waals surface area contributed by atoms with Crippen LogP contribution in [-0.2, 0) is 12.1 Å². The Labute approximate surface area is 170 Å². The summed E-state index contributed by atoms with van der Waals surface area (Å²) < 4.78 is 44.0. The Bertz CT molecular complexity index is 812. The molecule has 1 aromatic carbocycles. The Morgan fingerprint density at radius 2 is 1.41 bits per heavy atom. The predicted octanol–water partition coefficient (Wildman–Crippen LogP) is 5.67. The number of rotatable bonds is 3. The van der Waals surface area contributed by atoms with Crippen molar-refractivity contribution in [2.45, 2.75) is 64.5 Å². The van der Waals surface area contributed by atoms with Crippen LogP contribution >= 0.6 is 0 Å². The monoisotopic (exact) mass is 408 g/mol. The molecule has 0 N–H and O–H groups in total. The van der Waals surface area contributed by atoms with Crippen LogP contribution in [0.2, 0.25) is 0 Å². The van der Waals surface area contributed by atoms with Crippen molar-refractivity contribution in [2.75, 3.05) is 0 Å². The molecule has 2 aromatic rings. The minimum Gasteiger partial charge on any atom is -0.418 e. The lowest BCUT2D eigenvalue weighted by Crippen LogP contribution is -2.51. The van der Waals surface area contributed by atoms with Gasteiger partial charge in [0.1, 0.15) is 24.5 Å². The molecule has 7 heteroatoms. The first kappa shape index (κ1) is 20.5. The molecule has 4 aliphatic rings. The topological polar surface area (TPSA) is 8.81 Å². The second-order valence-corrected chi connectivity index (χ2v) is 9.63. The third-order valence-corrected chi connectivity index (χ3v) is 6.89. The lowest BCUT2D eigenvalue weighted by atomic mass is 9.53. The number of nitrogens with zero attached hydrogens (tertiary/aromatic N) is 2. The van der Waals surface area contributed by atoms with Gasteiger partial charge in [0.25, 0.3) is 0 Å². The number of hydrogen-bond donors (Lipinski definition) is 0. The number of benzene rings is 1. The van der Waals surface area contributed by atoms with Crippen molar-refractivity contribution in [1.82, 2.24) is 4.57 Å². The highest BCUT2D eigenvalue weighted by atomic mass is 19.5. The van der Waals surface area contributed by atoms with E-state index in [9.17, 15) is 17.3 Å². The van der Waals surface area contributed by atoms with Crippen molar-refractivity contribution in [1.29, 1.82) is 0 Å². The smallest absolute Gasteiger partial charge is 0.418 e. The predicted molar refractivity (Wildman–Crippen MR) is 106 cm³/mol. The Hall–Kier alpha value is -1.79. The summed E-state index contributed by atoms with van der Waals surface area (Å²) in [7, 11) is -6.00.